The molecular weight excluding hydrogens is 350 g/mol. The number of aromatic nitrogens is 2. The zero-order valence-corrected chi connectivity index (χ0v) is 16.3. The molecule has 1 aromatic heterocycles. The van der Waals surface area contributed by atoms with Gasteiger partial charge in [-0.1, -0.05) is 36.4 Å². The maximum atomic E-state index is 13.5. The molecule has 0 saturated carbocycles. The van der Waals surface area contributed by atoms with Crippen molar-refractivity contribution in [2.75, 3.05) is 0 Å². The van der Waals surface area contributed by atoms with Gasteiger partial charge in [-0.3, -0.25) is 9.59 Å². The lowest BCUT2D eigenvalue weighted by Gasteiger charge is -2.33. The van der Waals surface area contributed by atoms with Gasteiger partial charge in [0.15, 0.2) is 0 Å². The Morgan fingerprint density at radius 2 is 1.93 bits per heavy atom. The largest absolute Gasteiger partial charge is 0.332 e. The summed E-state index contributed by atoms with van der Waals surface area (Å²) in [6.07, 6.45) is 2.91. The number of aromatic amines is 1. The van der Waals surface area contributed by atoms with Crippen LogP contribution in [-0.2, 0) is 17.8 Å². The van der Waals surface area contributed by atoms with Gasteiger partial charge in [-0.05, 0) is 56.4 Å². The molecule has 1 N–H and O–H groups in total. The van der Waals surface area contributed by atoms with E-state index >= 15 is 0 Å². The molecule has 4 rings (SSSR count). The van der Waals surface area contributed by atoms with E-state index in [9.17, 15) is 9.59 Å². The summed E-state index contributed by atoms with van der Waals surface area (Å²) < 4.78 is 0. The highest BCUT2D eigenvalue weighted by Gasteiger charge is 2.31. The van der Waals surface area contributed by atoms with E-state index in [0.29, 0.717) is 23.3 Å². The van der Waals surface area contributed by atoms with Crippen molar-refractivity contribution in [3.05, 3.63) is 75.8 Å². The summed E-state index contributed by atoms with van der Waals surface area (Å²) in [4.78, 5) is 35.1. The minimum absolute atomic E-state index is 0.0124. The van der Waals surface area contributed by atoms with Gasteiger partial charge in [0.1, 0.15) is 5.82 Å². The van der Waals surface area contributed by atoms with Crippen molar-refractivity contribution in [1.29, 1.82) is 0 Å². The summed E-state index contributed by atoms with van der Waals surface area (Å²) >= 11 is 0. The first kappa shape index (κ1) is 18.4. The maximum Gasteiger partial charge on any atom is 0.258 e. The molecule has 0 fully saturated rings. The second-order valence-corrected chi connectivity index (χ2v) is 7.73. The Kier molecular flexibility index (Phi) is 4.99. The number of rotatable bonds is 4. The van der Waals surface area contributed by atoms with Gasteiger partial charge in [0.2, 0.25) is 5.91 Å². The van der Waals surface area contributed by atoms with Crippen LogP contribution in [0.25, 0.3) is 10.9 Å². The molecule has 1 amide bonds. The Morgan fingerprint density at radius 1 is 1.18 bits per heavy atom. The minimum atomic E-state index is -0.167. The van der Waals surface area contributed by atoms with Crippen LogP contribution in [-0.4, -0.2) is 26.8 Å². The molecule has 0 spiro atoms. The highest BCUT2D eigenvalue weighted by molar-refractivity contribution is 5.84. The van der Waals surface area contributed by atoms with Crippen LogP contribution < -0.4 is 5.56 Å². The second-order valence-electron chi connectivity index (χ2n) is 7.73. The second kappa shape index (κ2) is 7.58. The van der Waals surface area contributed by atoms with Crippen LogP contribution in [0.2, 0.25) is 0 Å². The van der Waals surface area contributed by atoms with Crippen LogP contribution in [0, 0.1) is 0 Å². The van der Waals surface area contributed by atoms with Crippen LogP contribution >= 0.6 is 0 Å². The number of benzene rings is 2. The smallest absolute Gasteiger partial charge is 0.258 e. The predicted octanol–water partition coefficient (Wildman–Crippen LogP) is 3.78. The third-order valence-electron chi connectivity index (χ3n) is 5.56. The van der Waals surface area contributed by atoms with Crippen molar-refractivity contribution in [1.82, 2.24) is 14.9 Å². The Bertz CT molecular complexity index is 1070. The summed E-state index contributed by atoms with van der Waals surface area (Å²) in [5.41, 5.74) is 2.90. The number of fused-ring (bicyclic) bond motifs is 2. The maximum absolute atomic E-state index is 13.5. The summed E-state index contributed by atoms with van der Waals surface area (Å²) in [5.74, 6) is 0.507. The fourth-order valence-electron chi connectivity index (χ4n) is 4.10. The molecule has 0 radical (unpaired) electrons. The first-order valence-electron chi connectivity index (χ1n) is 9.91. The Labute approximate surface area is 164 Å². The number of carbonyl (C=O) groups is 1. The fraction of sp³-hybridized carbons (Fsp3) is 0.348. The molecule has 28 heavy (non-hydrogen) atoms. The lowest BCUT2D eigenvalue weighted by atomic mass is 9.82. The molecule has 1 aliphatic rings. The molecule has 1 unspecified atom stereocenters. The van der Waals surface area contributed by atoms with Gasteiger partial charge in [-0.15, -0.1) is 0 Å². The quantitative estimate of drug-likeness (QED) is 0.755. The van der Waals surface area contributed by atoms with Gasteiger partial charge >= 0.3 is 0 Å². The van der Waals surface area contributed by atoms with Crippen molar-refractivity contribution in [3.63, 3.8) is 0 Å². The lowest BCUT2D eigenvalue weighted by molar-refractivity contribution is -0.135. The number of hydrogen-bond donors (Lipinski definition) is 1. The zero-order chi connectivity index (χ0) is 19.7. The van der Waals surface area contributed by atoms with E-state index in [4.69, 9.17) is 0 Å². The molecule has 1 heterocycles. The normalized spacial score (nSPS) is 16.2. The van der Waals surface area contributed by atoms with E-state index in [1.54, 1.807) is 6.07 Å². The minimum Gasteiger partial charge on any atom is -0.332 e. The molecule has 2 aromatic carbocycles. The number of aryl methyl sites for hydroxylation is 1. The molecule has 5 heteroatoms. The van der Waals surface area contributed by atoms with Crippen LogP contribution in [0.4, 0.5) is 0 Å². The lowest BCUT2D eigenvalue weighted by Crippen LogP contribution is -2.41. The highest BCUT2D eigenvalue weighted by Crippen LogP contribution is 2.33. The van der Waals surface area contributed by atoms with Crippen LogP contribution in [0.15, 0.2) is 53.3 Å². The topological polar surface area (TPSA) is 66.1 Å². The van der Waals surface area contributed by atoms with Crippen molar-refractivity contribution in [2.45, 2.75) is 51.6 Å². The number of carbonyl (C=O) groups excluding carboxylic acids is 1. The summed E-state index contributed by atoms with van der Waals surface area (Å²) in [6, 6.07) is 15.5. The monoisotopic (exact) mass is 375 g/mol. The van der Waals surface area contributed by atoms with E-state index < -0.39 is 0 Å². The third-order valence-corrected chi connectivity index (χ3v) is 5.56. The molecule has 1 atom stereocenters. The molecule has 0 bridgehead atoms. The molecular formula is C23H25N3O2. The van der Waals surface area contributed by atoms with Gasteiger partial charge in [-0.25, -0.2) is 4.98 Å². The first-order valence-corrected chi connectivity index (χ1v) is 9.91. The first-order chi connectivity index (χ1) is 13.5. The molecule has 3 aromatic rings. The van der Waals surface area contributed by atoms with Crippen molar-refractivity contribution in [3.8, 4) is 0 Å². The van der Waals surface area contributed by atoms with Gasteiger partial charge in [0.05, 0.1) is 23.4 Å². The average molecular weight is 375 g/mol. The average Bonchev–Trinajstić information content (AvgIpc) is 2.71. The molecule has 1 aliphatic carbocycles. The summed E-state index contributed by atoms with van der Waals surface area (Å²) in [7, 11) is 0. The number of H-pyrrole nitrogens is 1. The third kappa shape index (κ3) is 3.44. The van der Waals surface area contributed by atoms with Crippen LogP contribution in [0.5, 0.6) is 0 Å². The number of amides is 1. The van der Waals surface area contributed by atoms with Gasteiger partial charge in [0, 0.05) is 6.04 Å². The van der Waals surface area contributed by atoms with Crippen LogP contribution in [0.3, 0.4) is 0 Å². The number of nitrogens with one attached hydrogen (secondary N) is 1. The van der Waals surface area contributed by atoms with E-state index in [1.165, 1.54) is 5.56 Å². The summed E-state index contributed by atoms with van der Waals surface area (Å²) in [5, 5.41) is 0.565. The van der Waals surface area contributed by atoms with Gasteiger partial charge < -0.3 is 9.88 Å². The van der Waals surface area contributed by atoms with Crippen molar-refractivity contribution in [2.24, 2.45) is 0 Å². The van der Waals surface area contributed by atoms with Gasteiger partial charge in [-0.2, -0.15) is 0 Å². The standard InChI is InChI=1S/C23H25N3O2/c1-15(2)26(14-21-24-20-13-6-5-11-19(20)22(27)25-21)23(28)18-12-7-9-16-8-3-4-10-17(16)18/h3-6,8,10-11,13,15,18H,7,9,12,14H2,1-2H3,(H,24,25,27). The zero-order valence-electron chi connectivity index (χ0n) is 16.3. The van der Waals surface area contributed by atoms with E-state index in [0.717, 1.165) is 24.8 Å². The Hall–Kier alpha value is -2.95. The predicted molar refractivity (Wildman–Crippen MR) is 110 cm³/mol. The fourth-order valence-corrected chi connectivity index (χ4v) is 4.10. The summed E-state index contributed by atoms with van der Waals surface area (Å²) in [6.45, 7) is 4.31. The van der Waals surface area contributed by atoms with Gasteiger partial charge in [0.25, 0.3) is 5.56 Å². The van der Waals surface area contributed by atoms with Crippen LogP contribution in [0.1, 0.15) is 49.6 Å². The highest BCUT2D eigenvalue weighted by atomic mass is 16.2. The molecule has 144 valence electrons. The molecule has 0 saturated heterocycles. The Morgan fingerprint density at radius 3 is 2.75 bits per heavy atom. The molecule has 0 aliphatic heterocycles. The van der Waals surface area contributed by atoms with E-state index in [1.807, 2.05) is 49.1 Å². The number of para-hydroxylation sites is 1. The van der Waals surface area contributed by atoms with E-state index in [2.05, 4.69) is 22.1 Å². The van der Waals surface area contributed by atoms with E-state index in [-0.39, 0.29) is 23.4 Å². The SMILES string of the molecule is CC(C)N(Cc1nc2ccccc2c(=O)[nH]1)C(=O)C1CCCc2ccccc21. The van der Waals surface area contributed by atoms with Crippen molar-refractivity contribution >= 4 is 16.8 Å². The number of nitrogens with zero attached hydrogens (tertiary/aromatic N) is 2. The molecule has 5 nitrogen and oxygen atoms in total. The number of hydrogen-bond acceptors (Lipinski definition) is 3. The van der Waals surface area contributed by atoms with Crippen molar-refractivity contribution < 1.29 is 4.79 Å². The Balaban J connectivity index is 1.65.